The van der Waals surface area contributed by atoms with Gasteiger partial charge in [-0.25, -0.2) is 0 Å². The first-order valence-corrected chi connectivity index (χ1v) is 4.02. The van der Waals surface area contributed by atoms with E-state index in [0.29, 0.717) is 0 Å². The minimum absolute atomic E-state index is 0.0168. The van der Waals surface area contributed by atoms with Crippen molar-refractivity contribution >= 4 is 0 Å². The van der Waals surface area contributed by atoms with E-state index in [1.165, 1.54) is 18.4 Å². The highest BCUT2D eigenvalue weighted by Gasteiger charge is 2.21. The van der Waals surface area contributed by atoms with Crippen LogP contribution >= 0.6 is 0 Å². The normalized spacial score (nSPS) is 16.7. The maximum absolute atomic E-state index is 10.8. The van der Waals surface area contributed by atoms with Crippen LogP contribution in [0.2, 0.25) is 0 Å². The van der Waals surface area contributed by atoms with Crippen LogP contribution in [0.1, 0.15) is 18.4 Å². The zero-order valence-electron chi connectivity index (χ0n) is 6.34. The first kappa shape index (κ1) is 6.65. The number of nitrogens with one attached hydrogen (secondary N) is 1. The number of rotatable bonds is 2. The van der Waals surface area contributed by atoms with Crippen LogP contribution in [-0.4, -0.2) is 4.98 Å². The largest absolute Gasteiger partial charge is 0.329 e. The molecule has 0 saturated heterocycles. The summed E-state index contributed by atoms with van der Waals surface area (Å²) in [6.07, 6.45) is 5.49. The van der Waals surface area contributed by atoms with Gasteiger partial charge in [0.25, 0.3) is 0 Å². The van der Waals surface area contributed by atoms with Crippen molar-refractivity contribution in [2.75, 3.05) is 0 Å². The Morgan fingerprint density at radius 3 is 3.00 bits per heavy atom. The van der Waals surface area contributed by atoms with Crippen LogP contribution in [-0.2, 0) is 6.42 Å². The molecule has 1 saturated carbocycles. The lowest BCUT2D eigenvalue weighted by atomic mass is 10.1. The van der Waals surface area contributed by atoms with E-state index in [1.54, 1.807) is 12.3 Å². The second-order valence-corrected chi connectivity index (χ2v) is 3.21. The molecule has 1 aromatic rings. The van der Waals surface area contributed by atoms with Gasteiger partial charge in [0.1, 0.15) is 0 Å². The van der Waals surface area contributed by atoms with E-state index in [2.05, 4.69) is 4.98 Å². The molecule has 1 heterocycles. The van der Waals surface area contributed by atoms with E-state index in [1.807, 2.05) is 6.07 Å². The molecule has 0 unspecified atom stereocenters. The molecule has 0 aromatic carbocycles. The van der Waals surface area contributed by atoms with Crippen LogP contribution in [0.5, 0.6) is 0 Å². The molecule has 1 N–H and O–H groups in total. The molecule has 0 spiro atoms. The van der Waals surface area contributed by atoms with Crippen molar-refractivity contribution < 1.29 is 0 Å². The fourth-order valence-corrected chi connectivity index (χ4v) is 1.27. The van der Waals surface area contributed by atoms with Crippen molar-refractivity contribution in [3.05, 3.63) is 34.2 Å². The summed E-state index contributed by atoms with van der Waals surface area (Å²) in [5.41, 5.74) is 1.19. The Morgan fingerprint density at radius 2 is 2.36 bits per heavy atom. The zero-order chi connectivity index (χ0) is 7.68. The number of aromatic amines is 1. The standard InChI is InChI=1S/C9H11NO/c11-9-6-8(3-4-10-9)5-7-1-2-7/h3-4,6-7H,1-2,5H2,(H,10,11). The summed E-state index contributed by atoms with van der Waals surface area (Å²) in [4.78, 5) is 13.4. The molecule has 0 amide bonds. The summed E-state index contributed by atoms with van der Waals surface area (Å²) in [5, 5.41) is 0. The molecule has 1 aliphatic rings. The first-order valence-electron chi connectivity index (χ1n) is 4.02. The second kappa shape index (κ2) is 2.53. The Kier molecular flexibility index (Phi) is 1.53. The van der Waals surface area contributed by atoms with Crippen molar-refractivity contribution in [1.29, 1.82) is 0 Å². The van der Waals surface area contributed by atoms with Crippen LogP contribution in [0.4, 0.5) is 0 Å². The van der Waals surface area contributed by atoms with Gasteiger partial charge in [0.2, 0.25) is 5.56 Å². The quantitative estimate of drug-likeness (QED) is 0.676. The van der Waals surface area contributed by atoms with Gasteiger partial charge in [0.05, 0.1) is 0 Å². The predicted octanol–water partition coefficient (Wildman–Crippen LogP) is 1.33. The molecule has 58 valence electrons. The average Bonchev–Trinajstić information content (AvgIpc) is 2.71. The van der Waals surface area contributed by atoms with E-state index in [-0.39, 0.29) is 5.56 Å². The molecule has 0 radical (unpaired) electrons. The van der Waals surface area contributed by atoms with Crippen LogP contribution in [0.15, 0.2) is 23.1 Å². The van der Waals surface area contributed by atoms with Crippen LogP contribution in [0, 0.1) is 5.92 Å². The number of aromatic nitrogens is 1. The topological polar surface area (TPSA) is 32.9 Å². The molecule has 0 bridgehead atoms. The highest BCUT2D eigenvalue weighted by atomic mass is 16.1. The minimum atomic E-state index is 0.0168. The molecule has 2 nitrogen and oxygen atoms in total. The summed E-state index contributed by atoms with van der Waals surface area (Å²) < 4.78 is 0. The van der Waals surface area contributed by atoms with Crippen LogP contribution < -0.4 is 5.56 Å². The van der Waals surface area contributed by atoms with Gasteiger partial charge >= 0.3 is 0 Å². The molecular formula is C9H11NO. The van der Waals surface area contributed by atoms with Crippen LogP contribution in [0.3, 0.4) is 0 Å². The smallest absolute Gasteiger partial charge is 0.248 e. The van der Waals surface area contributed by atoms with Gasteiger partial charge in [-0.2, -0.15) is 0 Å². The Morgan fingerprint density at radius 1 is 1.55 bits per heavy atom. The van der Waals surface area contributed by atoms with E-state index in [0.717, 1.165) is 12.3 Å². The maximum Gasteiger partial charge on any atom is 0.248 e. The molecular weight excluding hydrogens is 138 g/mol. The molecule has 11 heavy (non-hydrogen) atoms. The fourth-order valence-electron chi connectivity index (χ4n) is 1.27. The molecule has 0 atom stereocenters. The Hall–Kier alpha value is -1.05. The molecule has 2 rings (SSSR count). The summed E-state index contributed by atoms with van der Waals surface area (Å²) in [5.74, 6) is 0.858. The van der Waals surface area contributed by atoms with Crippen molar-refractivity contribution in [3.8, 4) is 0 Å². The van der Waals surface area contributed by atoms with Gasteiger partial charge in [0.15, 0.2) is 0 Å². The lowest BCUT2D eigenvalue weighted by Gasteiger charge is -1.95. The summed E-state index contributed by atoms with van der Waals surface area (Å²) in [7, 11) is 0. The zero-order valence-corrected chi connectivity index (χ0v) is 6.34. The third-order valence-electron chi connectivity index (χ3n) is 2.06. The number of hydrogen-bond acceptors (Lipinski definition) is 1. The minimum Gasteiger partial charge on any atom is -0.329 e. The van der Waals surface area contributed by atoms with E-state index >= 15 is 0 Å². The number of pyridine rings is 1. The van der Waals surface area contributed by atoms with Gasteiger partial charge in [-0.1, -0.05) is 0 Å². The molecule has 1 fully saturated rings. The number of hydrogen-bond donors (Lipinski definition) is 1. The van der Waals surface area contributed by atoms with E-state index < -0.39 is 0 Å². The number of H-pyrrole nitrogens is 1. The van der Waals surface area contributed by atoms with Crippen molar-refractivity contribution in [2.24, 2.45) is 5.92 Å². The van der Waals surface area contributed by atoms with E-state index in [4.69, 9.17) is 0 Å². The summed E-state index contributed by atoms with van der Waals surface area (Å²) >= 11 is 0. The highest BCUT2D eigenvalue weighted by molar-refractivity contribution is 5.11. The van der Waals surface area contributed by atoms with Gasteiger partial charge in [0, 0.05) is 12.3 Å². The predicted molar refractivity (Wildman–Crippen MR) is 43.5 cm³/mol. The lowest BCUT2D eigenvalue weighted by Crippen LogP contribution is -2.04. The van der Waals surface area contributed by atoms with E-state index in [9.17, 15) is 4.79 Å². The summed E-state index contributed by atoms with van der Waals surface area (Å²) in [6, 6.07) is 3.68. The van der Waals surface area contributed by atoms with Gasteiger partial charge in [-0.3, -0.25) is 4.79 Å². The van der Waals surface area contributed by atoms with Gasteiger partial charge in [-0.15, -0.1) is 0 Å². The van der Waals surface area contributed by atoms with Gasteiger partial charge in [-0.05, 0) is 36.8 Å². The highest BCUT2D eigenvalue weighted by Crippen LogP contribution is 2.31. The summed E-state index contributed by atoms with van der Waals surface area (Å²) in [6.45, 7) is 0. The maximum atomic E-state index is 10.8. The molecule has 0 aliphatic heterocycles. The Labute approximate surface area is 65.3 Å². The SMILES string of the molecule is O=c1cc(CC2CC2)cc[nH]1. The third kappa shape index (κ3) is 1.70. The molecule has 1 aromatic heterocycles. The Bertz CT molecular complexity index is 298. The monoisotopic (exact) mass is 149 g/mol. The molecule has 2 heteroatoms. The van der Waals surface area contributed by atoms with Crippen LogP contribution in [0.25, 0.3) is 0 Å². The first-order chi connectivity index (χ1) is 5.34. The lowest BCUT2D eigenvalue weighted by molar-refractivity contribution is 0.828. The van der Waals surface area contributed by atoms with Crippen molar-refractivity contribution in [1.82, 2.24) is 4.98 Å². The van der Waals surface area contributed by atoms with Gasteiger partial charge < -0.3 is 4.98 Å². The average molecular weight is 149 g/mol. The second-order valence-electron chi connectivity index (χ2n) is 3.21. The fraction of sp³-hybridized carbons (Fsp3) is 0.444. The third-order valence-corrected chi connectivity index (χ3v) is 2.06. The van der Waals surface area contributed by atoms with Crippen molar-refractivity contribution in [3.63, 3.8) is 0 Å². The molecule has 1 aliphatic carbocycles. The van der Waals surface area contributed by atoms with Crippen molar-refractivity contribution in [2.45, 2.75) is 19.3 Å². The Balaban J connectivity index is 2.16.